The zero-order valence-corrected chi connectivity index (χ0v) is 21.5. The smallest absolute Gasteiger partial charge is 0.304 e. The number of aromatic nitrogens is 1. The summed E-state index contributed by atoms with van der Waals surface area (Å²) in [7, 11) is 0. The predicted octanol–water partition coefficient (Wildman–Crippen LogP) is 6.82. The largest absolute Gasteiger partial charge is 0.481 e. The molecule has 0 unspecified atom stereocenters. The van der Waals surface area contributed by atoms with E-state index in [0.29, 0.717) is 36.1 Å². The van der Waals surface area contributed by atoms with Crippen LogP contribution >= 0.6 is 11.6 Å². The molecule has 34 heavy (non-hydrogen) atoms. The fourth-order valence-electron chi connectivity index (χ4n) is 5.80. The number of carbonyl (C=O) groups excluding carboxylic acids is 1. The van der Waals surface area contributed by atoms with Crippen molar-refractivity contribution in [2.75, 3.05) is 0 Å². The molecule has 4 rings (SSSR count). The minimum absolute atomic E-state index is 0.0762. The van der Waals surface area contributed by atoms with Gasteiger partial charge in [0.2, 0.25) is 0 Å². The highest BCUT2D eigenvalue weighted by Gasteiger charge is 2.53. The van der Waals surface area contributed by atoms with Crippen molar-refractivity contribution in [1.82, 2.24) is 5.16 Å². The third-order valence-electron chi connectivity index (χ3n) is 7.26. The summed E-state index contributed by atoms with van der Waals surface area (Å²) in [5.74, 6) is 0.989. The van der Waals surface area contributed by atoms with E-state index in [1.54, 1.807) is 0 Å². The number of carboxylic acid groups (broad SMARTS) is 1. The molecule has 1 aromatic heterocycles. The number of ketones is 1. The van der Waals surface area contributed by atoms with Crippen molar-refractivity contribution >= 4 is 23.4 Å². The minimum atomic E-state index is -0.793. The highest BCUT2D eigenvalue weighted by Crippen LogP contribution is 2.57. The second-order valence-corrected chi connectivity index (χ2v) is 12.3. The van der Waals surface area contributed by atoms with Gasteiger partial charge in [-0.05, 0) is 73.5 Å². The van der Waals surface area contributed by atoms with Crippen molar-refractivity contribution < 1.29 is 19.2 Å². The van der Waals surface area contributed by atoms with Crippen molar-refractivity contribution in [3.8, 4) is 0 Å². The van der Waals surface area contributed by atoms with Crippen LogP contribution in [0.1, 0.15) is 99.8 Å². The molecule has 184 valence electrons. The summed E-state index contributed by atoms with van der Waals surface area (Å²) in [6.07, 6.45) is 6.15. The summed E-state index contributed by atoms with van der Waals surface area (Å²) in [6.45, 7) is 8.66. The van der Waals surface area contributed by atoms with Crippen molar-refractivity contribution in [1.29, 1.82) is 0 Å². The van der Waals surface area contributed by atoms with Gasteiger partial charge in [-0.25, -0.2) is 0 Å². The van der Waals surface area contributed by atoms with E-state index in [-0.39, 0.29) is 17.6 Å². The summed E-state index contributed by atoms with van der Waals surface area (Å²) in [4.78, 5) is 24.5. The Morgan fingerprint density at radius 3 is 2.53 bits per heavy atom. The van der Waals surface area contributed by atoms with E-state index in [2.05, 4.69) is 25.9 Å². The van der Waals surface area contributed by atoms with Crippen LogP contribution in [0.2, 0.25) is 5.02 Å². The number of benzene rings is 1. The third-order valence-corrected chi connectivity index (χ3v) is 7.61. The van der Waals surface area contributed by atoms with Gasteiger partial charge in [0.1, 0.15) is 11.5 Å². The molecule has 0 saturated heterocycles. The molecule has 2 aliphatic rings. The number of rotatable bonds is 10. The second-order valence-electron chi connectivity index (χ2n) is 11.8. The Kier molecular flexibility index (Phi) is 6.97. The van der Waals surface area contributed by atoms with E-state index in [1.807, 2.05) is 25.1 Å². The van der Waals surface area contributed by atoms with Gasteiger partial charge in [-0.1, -0.05) is 49.7 Å². The zero-order valence-electron chi connectivity index (χ0n) is 20.7. The summed E-state index contributed by atoms with van der Waals surface area (Å²) < 4.78 is 5.92. The second kappa shape index (κ2) is 9.49. The molecule has 6 heteroatoms. The van der Waals surface area contributed by atoms with Crippen LogP contribution < -0.4 is 0 Å². The molecule has 1 N–H and O–H groups in total. The molecule has 0 radical (unpaired) electrons. The molecule has 2 aliphatic carbocycles. The van der Waals surface area contributed by atoms with Crippen LogP contribution in [0.4, 0.5) is 0 Å². The van der Waals surface area contributed by atoms with Gasteiger partial charge in [0.05, 0.1) is 12.1 Å². The van der Waals surface area contributed by atoms with Gasteiger partial charge in [0.25, 0.3) is 0 Å². The summed E-state index contributed by atoms with van der Waals surface area (Å²) in [5, 5.41) is 14.7. The molecule has 0 aliphatic heterocycles. The lowest BCUT2D eigenvalue weighted by molar-refractivity contribution is -0.140. The lowest BCUT2D eigenvalue weighted by atomic mass is 9.55. The van der Waals surface area contributed by atoms with Gasteiger partial charge in [-0.15, -0.1) is 0 Å². The first-order valence-corrected chi connectivity index (χ1v) is 12.8. The Hall–Kier alpha value is -2.14. The Morgan fingerprint density at radius 2 is 1.94 bits per heavy atom. The maximum atomic E-state index is 12.7. The standard InChI is InChI=1S/C28H36ClNO4/c1-17-5-6-20(22(29)11-17)12-21(31)9-10-23-25(19-7-8-19)26(34-30-23)28(16-24(32)33)14-18(15-28)13-27(2,3)4/h5-6,11,18-19H,7-10,12-16H2,1-4H3,(H,32,33). The number of hydrogen-bond donors (Lipinski definition) is 1. The molecule has 0 amide bonds. The van der Waals surface area contributed by atoms with E-state index in [4.69, 9.17) is 16.1 Å². The highest BCUT2D eigenvalue weighted by molar-refractivity contribution is 6.31. The van der Waals surface area contributed by atoms with Gasteiger partial charge in [0.15, 0.2) is 0 Å². The first-order valence-electron chi connectivity index (χ1n) is 12.4. The third kappa shape index (κ3) is 5.73. The number of aliphatic carboxylic acids is 1. The molecule has 2 aromatic rings. The number of nitrogens with zero attached hydrogens (tertiary/aromatic N) is 1. The maximum absolute atomic E-state index is 12.7. The van der Waals surface area contributed by atoms with Crippen LogP contribution in [-0.4, -0.2) is 22.0 Å². The maximum Gasteiger partial charge on any atom is 0.304 e. The molecule has 0 bridgehead atoms. The van der Waals surface area contributed by atoms with Gasteiger partial charge >= 0.3 is 5.97 Å². The summed E-state index contributed by atoms with van der Waals surface area (Å²) in [6, 6.07) is 5.77. The number of carboxylic acids is 1. The molecule has 5 nitrogen and oxygen atoms in total. The normalized spacial score (nSPS) is 22.4. The fraction of sp³-hybridized carbons (Fsp3) is 0.607. The molecular formula is C28H36ClNO4. The molecule has 1 heterocycles. The van der Waals surface area contributed by atoms with Crippen LogP contribution in [0.15, 0.2) is 22.7 Å². The molecule has 1 aromatic carbocycles. The van der Waals surface area contributed by atoms with Crippen LogP contribution in [0.5, 0.6) is 0 Å². The molecule has 0 atom stereocenters. The van der Waals surface area contributed by atoms with E-state index in [9.17, 15) is 14.7 Å². The number of aryl methyl sites for hydroxylation is 2. The number of halogens is 1. The Bertz CT molecular complexity index is 1070. The fourth-order valence-corrected chi connectivity index (χ4v) is 6.10. The quantitative estimate of drug-likeness (QED) is 0.399. The molecule has 0 spiro atoms. The SMILES string of the molecule is Cc1ccc(CC(=O)CCc2noc(C3(CC(=O)O)CC(CC(C)(C)C)C3)c2C2CC2)c(Cl)c1. The lowest BCUT2D eigenvalue weighted by Crippen LogP contribution is -2.44. The van der Waals surface area contributed by atoms with Gasteiger partial charge in [0, 0.05) is 35.3 Å². The van der Waals surface area contributed by atoms with Crippen molar-refractivity contribution in [2.45, 2.75) is 96.8 Å². The van der Waals surface area contributed by atoms with Crippen LogP contribution in [0.25, 0.3) is 0 Å². The Labute approximate surface area is 207 Å². The molecule has 2 fully saturated rings. The predicted molar refractivity (Wildman–Crippen MR) is 132 cm³/mol. The number of Topliss-reactive ketones (excluding diaryl/α,β-unsaturated/α-hetero) is 1. The first kappa shape index (κ1) is 25.0. The monoisotopic (exact) mass is 485 g/mol. The highest BCUT2D eigenvalue weighted by atomic mass is 35.5. The lowest BCUT2D eigenvalue weighted by Gasteiger charge is -2.47. The number of carbonyl (C=O) groups is 2. The van der Waals surface area contributed by atoms with E-state index >= 15 is 0 Å². The minimum Gasteiger partial charge on any atom is -0.481 e. The van der Waals surface area contributed by atoms with Crippen LogP contribution in [-0.2, 0) is 27.8 Å². The Morgan fingerprint density at radius 1 is 1.24 bits per heavy atom. The number of hydrogen-bond acceptors (Lipinski definition) is 4. The van der Waals surface area contributed by atoms with Crippen LogP contribution in [0, 0.1) is 18.3 Å². The van der Waals surface area contributed by atoms with E-state index in [0.717, 1.165) is 60.2 Å². The Balaban J connectivity index is 1.49. The van der Waals surface area contributed by atoms with Crippen LogP contribution in [0.3, 0.4) is 0 Å². The van der Waals surface area contributed by atoms with E-state index in [1.165, 1.54) is 0 Å². The van der Waals surface area contributed by atoms with Crippen molar-refractivity contribution in [3.05, 3.63) is 51.4 Å². The van der Waals surface area contributed by atoms with Crippen molar-refractivity contribution in [3.63, 3.8) is 0 Å². The van der Waals surface area contributed by atoms with Gasteiger partial charge in [-0.2, -0.15) is 0 Å². The summed E-state index contributed by atoms with van der Waals surface area (Å²) in [5.41, 5.74) is 3.60. The topological polar surface area (TPSA) is 80.4 Å². The van der Waals surface area contributed by atoms with Gasteiger partial charge < -0.3 is 9.63 Å². The average Bonchev–Trinajstić information content (AvgIpc) is 3.44. The van der Waals surface area contributed by atoms with Crippen molar-refractivity contribution in [2.24, 2.45) is 11.3 Å². The molecular weight excluding hydrogens is 450 g/mol. The van der Waals surface area contributed by atoms with Gasteiger partial charge in [-0.3, -0.25) is 9.59 Å². The summed E-state index contributed by atoms with van der Waals surface area (Å²) >= 11 is 6.31. The zero-order chi connectivity index (χ0) is 24.7. The molecule has 2 saturated carbocycles. The average molecular weight is 486 g/mol. The first-order chi connectivity index (χ1) is 16.0. The van der Waals surface area contributed by atoms with E-state index < -0.39 is 11.4 Å².